The fourth-order valence-corrected chi connectivity index (χ4v) is 1.56. The monoisotopic (exact) mass is 254 g/mol. The van der Waals surface area contributed by atoms with Crippen molar-refractivity contribution >= 4 is 17.7 Å². The van der Waals surface area contributed by atoms with Crippen LogP contribution in [0.4, 0.5) is 0 Å². The molecule has 1 N–H and O–H groups in total. The minimum Gasteiger partial charge on any atom is -0.374 e. The van der Waals surface area contributed by atoms with Crippen molar-refractivity contribution in [2.24, 2.45) is 0 Å². The van der Waals surface area contributed by atoms with E-state index in [0.29, 0.717) is 6.54 Å². The molecule has 100 valence electrons. The molecule has 1 heterocycles. The normalized spacial score (nSPS) is 16.6. The minimum absolute atomic E-state index is 0.0860. The number of imide groups is 1. The first-order valence-corrected chi connectivity index (χ1v) is 5.86. The van der Waals surface area contributed by atoms with Crippen LogP contribution in [0, 0.1) is 0 Å². The van der Waals surface area contributed by atoms with Crippen molar-refractivity contribution in [2.75, 3.05) is 13.1 Å². The van der Waals surface area contributed by atoms with Crippen LogP contribution >= 0.6 is 0 Å². The van der Waals surface area contributed by atoms with Crippen molar-refractivity contribution in [3.05, 3.63) is 12.2 Å². The zero-order valence-corrected chi connectivity index (χ0v) is 10.8. The predicted molar refractivity (Wildman–Crippen MR) is 64.6 cm³/mol. The lowest BCUT2D eigenvalue weighted by molar-refractivity contribution is -0.141. The fraction of sp³-hybridized carbons (Fsp3) is 0.583. The first-order valence-electron chi connectivity index (χ1n) is 5.86. The number of hydrogen-bond donors (Lipinski definition) is 1. The smallest absolute Gasteiger partial charge is 0.254 e. The Hall–Kier alpha value is -1.69. The van der Waals surface area contributed by atoms with Crippen molar-refractivity contribution in [1.29, 1.82) is 0 Å². The summed E-state index contributed by atoms with van der Waals surface area (Å²) in [5.41, 5.74) is 0. The van der Waals surface area contributed by atoms with E-state index in [9.17, 15) is 14.4 Å². The molecule has 0 aromatic carbocycles. The highest BCUT2D eigenvalue weighted by atomic mass is 16.5. The van der Waals surface area contributed by atoms with E-state index >= 15 is 0 Å². The Kier molecular flexibility index (Phi) is 5.03. The van der Waals surface area contributed by atoms with E-state index in [1.54, 1.807) is 0 Å². The van der Waals surface area contributed by atoms with Gasteiger partial charge in [0.25, 0.3) is 11.8 Å². The maximum absolute atomic E-state index is 11.5. The standard InChI is InChI=1S/C12H18N2O4/c1-8(2)18-9(3)6-13-10(15)7-14-11(16)4-5-12(14)17/h4-5,8-9H,6-7H2,1-3H3,(H,13,15)/t9-/m1/s1. The summed E-state index contributed by atoms with van der Waals surface area (Å²) in [5.74, 6) is -1.29. The average molecular weight is 254 g/mol. The summed E-state index contributed by atoms with van der Waals surface area (Å²) in [5, 5.41) is 2.62. The number of nitrogens with one attached hydrogen (secondary N) is 1. The van der Waals surface area contributed by atoms with Gasteiger partial charge in [-0.3, -0.25) is 19.3 Å². The number of carbonyl (C=O) groups is 3. The van der Waals surface area contributed by atoms with Crippen LogP contribution in [0.15, 0.2) is 12.2 Å². The molecule has 0 saturated carbocycles. The van der Waals surface area contributed by atoms with Crippen molar-refractivity contribution in [3.8, 4) is 0 Å². The Labute approximate surface area is 106 Å². The summed E-state index contributed by atoms with van der Waals surface area (Å²) in [6.07, 6.45) is 2.28. The van der Waals surface area contributed by atoms with E-state index in [2.05, 4.69) is 5.32 Å². The molecule has 6 nitrogen and oxygen atoms in total. The number of nitrogens with zero attached hydrogens (tertiary/aromatic N) is 1. The van der Waals surface area contributed by atoms with Gasteiger partial charge in [0.15, 0.2) is 0 Å². The van der Waals surface area contributed by atoms with Crippen LogP contribution in [-0.2, 0) is 19.1 Å². The lowest BCUT2D eigenvalue weighted by atomic mass is 10.3. The summed E-state index contributed by atoms with van der Waals surface area (Å²) in [4.78, 5) is 34.9. The van der Waals surface area contributed by atoms with Crippen LogP contribution in [-0.4, -0.2) is 47.9 Å². The minimum atomic E-state index is -0.457. The highest BCUT2D eigenvalue weighted by Gasteiger charge is 2.25. The van der Waals surface area contributed by atoms with Gasteiger partial charge in [-0.05, 0) is 20.8 Å². The van der Waals surface area contributed by atoms with Gasteiger partial charge < -0.3 is 10.1 Å². The van der Waals surface area contributed by atoms with Crippen molar-refractivity contribution < 1.29 is 19.1 Å². The fourth-order valence-electron chi connectivity index (χ4n) is 1.56. The molecule has 0 saturated heterocycles. The van der Waals surface area contributed by atoms with Crippen LogP contribution < -0.4 is 5.32 Å². The van der Waals surface area contributed by atoms with Gasteiger partial charge in [0.2, 0.25) is 5.91 Å². The van der Waals surface area contributed by atoms with Gasteiger partial charge in [-0.25, -0.2) is 0 Å². The van der Waals surface area contributed by atoms with Gasteiger partial charge in [-0.2, -0.15) is 0 Å². The molecular weight excluding hydrogens is 236 g/mol. The number of ether oxygens (including phenoxy) is 1. The summed E-state index contributed by atoms with van der Waals surface area (Å²) in [7, 11) is 0. The van der Waals surface area contributed by atoms with Crippen molar-refractivity contribution in [2.45, 2.75) is 33.0 Å². The highest BCUT2D eigenvalue weighted by Crippen LogP contribution is 2.02. The van der Waals surface area contributed by atoms with Crippen LogP contribution in [0.2, 0.25) is 0 Å². The number of carbonyl (C=O) groups excluding carboxylic acids is 3. The second kappa shape index (κ2) is 6.30. The van der Waals surface area contributed by atoms with Gasteiger partial charge in [-0.1, -0.05) is 0 Å². The number of rotatable bonds is 6. The summed E-state index contributed by atoms with van der Waals surface area (Å²) < 4.78 is 5.44. The second-order valence-corrected chi connectivity index (χ2v) is 4.40. The van der Waals surface area contributed by atoms with Crippen molar-refractivity contribution in [3.63, 3.8) is 0 Å². The first kappa shape index (κ1) is 14.4. The SMILES string of the molecule is CC(C)O[C@H](C)CNC(=O)CN1C(=O)C=CC1=O. The van der Waals surface area contributed by atoms with Crippen LogP contribution in [0.25, 0.3) is 0 Å². The summed E-state index contributed by atoms with van der Waals surface area (Å²) in [6.45, 7) is 5.75. The van der Waals surface area contributed by atoms with Gasteiger partial charge in [0.1, 0.15) is 6.54 Å². The Morgan fingerprint density at radius 3 is 2.33 bits per heavy atom. The van der Waals surface area contributed by atoms with E-state index < -0.39 is 11.8 Å². The lowest BCUT2D eigenvalue weighted by Crippen LogP contribution is -2.42. The second-order valence-electron chi connectivity index (χ2n) is 4.40. The van der Waals surface area contributed by atoms with Crippen LogP contribution in [0.5, 0.6) is 0 Å². The Balaban J connectivity index is 2.30. The molecule has 0 aliphatic carbocycles. The number of hydrogen-bond acceptors (Lipinski definition) is 4. The molecule has 18 heavy (non-hydrogen) atoms. The third-order valence-corrected chi connectivity index (χ3v) is 2.29. The molecule has 1 aliphatic rings. The maximum Gasteiger partial charge on any atom is 0.254 e. The molecule has 0 unspecified atom stereocenters. The number of amides is 3. The highest BCUT2D eigenvalue weighted by molar-refractivity contribution is 6.14. The molecule has 0 fully saturated rings. The van der Waals surface area contributed by atoms with E-state index in [4.69, 9.17) is 4.74 Å². The zero-order valence-electron chi connectivity index (χ0n) is 10.8. The summed E-state index contributed by atoms with van der Waals surface area (Å²) >= 11 is 0. The quantitative estimate of drug-likeness (QED) is 0.668. The largest absolute Gasteiger partial charge is 0.374 e. The molecule has 0 aromatic rings. The molecular formula is C12H18N2O4. The summed E-state index contributed by atoms with van der Waals surface area (Å²) in [6, 6.07) is 0. The van der Waals surface area contributed by atoms with E-state index in [1.807, 2.05) is 20.8 Å². The Morgan fingerprint density at radius 1 is 1.28 bits per heavy atom. The molecule has 0 spiro atoms. The molecule has 0 aromatic heterocycles. The third-order valence-electron chi connectivity index (χ3n) is 2.29. The Morgan fingerprint density at radius 2 is 1.83 bits per heavy atom. The topological polar surface area (TPSA) is 75.7 Å². The van der Waals surface area contributed by atoms with E-state index in [0.717, 1.165) is 17.1 Å². The Bertz CT molecular complexity index is 358. The molecule has 1 atom stereocenters. The lowest BCUT2D eigenvalue weighted by Gasteiger charge is -2.18. The first-order chi connectivity index (χ1) is 8.40. The molecule has 3 amide bonds. The predicted octanol–water partition coefficient (Wildman–Crippen LogP) is -0.159. The maximum atomic E-state index is 11.5. The van der Waals surface area contributed by atoms with Gasteiger partial charge >= 0.3 is 0 Å². The van der Waals surface area contributed by atoms with Crippen LogP contribution in [0.3, 0.4) is 0 Å². The van der Waals surface area contributed by atoms with Gasteiger partial charge in [-0.15, -0.1) is 0 Å². The zero-order chi connectivity index (χ0) is 13.7. The molecule has 6 heteroatoms. The van der Waals surface area contributed by atoms with Crippen LogP contribution in [0.1, 0.15) is 20.8 Å². The molecule has 0 radical (unpaired) electrons. The van der Waals surface area contributed by atoms with Crippen molar-refractivity contribution in [1.82, 2.24) is 10.2 Å². The van der Waals surface area contributed by atoms with E-state index in [-0.39, 0.29) is 24.7 Å². The average Bonchev–Trinajstić information content (AvgIpc) is 2.57. The van der Waals surface area contributed by atoms with E-state index in [1.165, 1.54) is 0 Å². The van der Waals surface area contributed by atoms with Gasteiger partial charge in [0, 0.05) is 18.7 Å². The molecule has 1 aliphatic heterocycles. The molecule has 1 rings (SSSR count). The van der Waals surface area contributed by atoms with Gasteiger partial charge in [0.05, 0.1) is 12.2 Å². The molecule has 0 bridgehead atoms. The third kappa shape index (κ3) is 4.29.